The summed E-state index contributed by atoms with van der Waals surface area (Å²) in [6.07, 6.45) is 6.84. The van der Waals surface area contributed by atoms with Crippen LogP contribution in [0.3, 0.4) is 0 Å². The third kappa shape index (κ3) is 4.12. The van der Waals surface area contributed by atoms with Gasteiger partial charge in [-0.2, -0.15) is 0 Å². The van der Waals surface area contributed by atoms with Crippen LogP contribution in [0.1, 0.15) is 57.1 Å². The molecule has 1 heterocycles. The third-order valence-corrected chi connectivity index (χ3v) is 5.36. The molecule has 23 heavy (non-hydrogen) atoms. The summed E-state index contributed by atoms with van der Waals surface area (Å²) >= 11 is 0. The summed E-state index contributed by atoms with van der Waals surface area (Å²) in [5.74, 6) is 0.169. The molecule has 2 aliphatic rings. The zero-order valence-electron chi connectivity index (χ0n) is 14.1. The fourth-order valence-electron chi connectivity index (χ4n) is 4.00. The first-order valence-corrected chi connectivity index (χ1v) is 9.02. The van der Waals surface area contributed by atoms with Crippen molar-refractivity contribution in [3.63, 3.8) is 0 Å². The standard InChI is InChI=1S/C19H29N3O/c1-15(16-8-3-2-4-9-16)22-19(11-5-6-12-19)14-21-18(23)17-10-7-13-20-17/h2-4,8-9,15,17,20,22H,5-7,10-14H2,1H3,(H,21,23). The van der Waals surface area contributed by atoms with E-state index < -0.39 is 0 Å². The van der Waals surface area contributed by atoms with Crippen molar-refractivity contribution in [2.75, 3.05) is 13.1 Å². The molecular formula is C19H29N3O. The van der Waals surface area contributed by atoms with Gasteiger partial charge < -0.3 is 16.0 Å². The van der Waals surface area contributed by atoms with Gasteiger partial charge in [0.1, 0.15) is 0 Å². The summed E-state index contributed by atoms with van der Waals surface area (Å²) in [6, 6.07) is 10.9. The van der Waals surface area contributed by atoms with E-state index in [1.54, 1.807) is 0 Å². The Bertz CT molecular complexity index is 505. The van der Waals surface area contributed by atoms with Crippen LogP contribution in [0.4, 0.5) is 0 Å². The molecule has 3 rings (SSSR count). The van der Waals surface area contributed by atoms with E-state index in [0.717, 1.165) is 38.8 Å². The molecule has 1 saturated carbocycles. The van der Waals surface area contributed by atoms with Gasteiger partial charge in [0.05, 0.1) is 6.04 Å². The Kier molecular flexibility index (Phi) is 5.34. The zero-order valence-corrected chi connectivity index (χ0v) is 14.1. The van der Waals surface area contributed by atoms with Crippen LogP contribution >= 0.6 is 0 Å². The quantitative estimate of drug-likeness (QED) is 0.756. The second kappa shape index (κ2) is 7.45. The SMILES string of the molecule is CC(NC1(CNC(=O)C2CCCN2)CCCC1)c1ccccc1. The average molecular weight is 315 g/mol. The minimum atomic E-state index is 0.0139. The van der Waals surface area contributed by atoms with Gasteiger partial charge in [-0.25, -0.2) is 0 Å². The van der Waals surface area contributed by atoms with Crippen molar-refractivity contribution in [3.8, 4) is 0 Å². The number of amides is 1. The van der Waals surface area contributed by atoms with E-state index in [1.165, 1.54) is 18.4 Å². The molecule has 4 nitrogen and oxygen atoms in total. The molecule has 2 fully saturated rings. The van der Waals surface area contributed by atoms with Crippen molar-refractivity contribution in [2.45, 2.75) is 63.1 Å². The first-order valence-electron chi connectivity index (χ1n) is 9.02. The summed E-state index contributed by atoms with van der Waals surface area (Å²) in [5.41, 5.74) is 1.35. The first kappa shape index (κ1) is 16.5. The van der Waals surface area contributed by atoms with Crippen molar-refractivity contribution in [1.29, 1.82) is 0 Å². The van der Waals surface area contributed by atoms with Gasteiger partial charge in [0.15, 0.2) is 0 Å². The van der Waals surface area contributed by atoms with Crippen molar-refractivity contribution < 1.29 is 4.79 Å². The fraction of sp³-hybridized carbons (Fsp3) is 0.632. The Morgan fingerprint density at radius 2 is 2.00 bits per heavy atom. The highest BCUT2D eigenvalue weighted by atomic mass is 16.2. The molecule has 1 aromatic rings. The molecular weight excluding hydrogens is 286 g/mol. The molecule has 2 unspecified atom stereocenters. The largest absolute Gasteiger partial charge is 0.353 e. The smallest absolute Gasteiger partial charge is 0.237 e. The summed E-state index contributed by atoms with van der Waals surface area (Å²) in [7, 11) is 0. The normalized spacial score (nSPS) is 24.5. The molecule has 0 spiro atoms. The lowest BCUT2D eigenvalue weighted by atomic mass is 9.94. The van der Waals surface area contributed by atoms with Gasteiger partial charge in [0.25, 0.3) is 0 Å². The van der Waals surface area contributed by atoms with E-state index in [2.05, 4.69) is 53.2 Å². The van der Waals surface area contributed by atoms with Gasteiger partial charge >= 0.3 is 0 Å². The Balaban J connectivity index is 1.59. The molecule has 2 atom stereocenters. The Labute approximate surface area is 139 Å². The van der Waals surface area contributed by atoms with Crippen LogP contribution in [0, 0.1) is 0 Å². The van der Waals surface area contributed by atoms with E-state index in [4.69, 9.17) is 0 Å². The van der Waals surface area contributed by atoms with E-state index in [9.17, 15) is 4.79 Å². The monoisotopic (exact) mass is 315 g/mol. The van der Waals surface area contributed by atoms with Gasteiger partial charge in [0, 0.05) is 18.1 Å². The van der Waals surface area contributed by atoms with Crippen LogP contribution in [0.2, 0.25) is 0 Å². The highest BCUT2D eigenvalue weighted by molar-refractivity contribution is 5.82. The van der Waals surface area contributed by atoms with Crippen molar-refractivity contribution in [1.82, 2.24) is 16.0 Å². The van der Waals surface area contributed by atoms with E-state index in [1.807, 2.05) is 0 Å². The Hall–Kier alpha value is -1.39. The lowest BCUT2D eigenvalue weighted by Crippen LogP contribution is -2.54. The van der Waals surface area contributed by atoms with Crippen LogP contribution in [0.5, 0.6) is 0 Å². The number of nitrogens with one attached hydrogen (secondary N) is 3. The third-order valence-electron chi connectivity index (χ3n) is 5.36. The maximum absolute atomic E-state index is 12.3. The van der Waals surface area contributed by atoms with Crippen molar-refractivity contribution in [3.05, 3.63) is 35.9 Å². The number of carbonyl (C=O) groups is 1. The summed E-state index contributed by atoms with van der Waals surface area (Å²) in [5, 5.41) is 10.3. The highest BCUT2D eigenvalue weighted by Gasteiger charge is 2.36. The predicted octanol–water partition coefficient (Wildman–Crippen LogP) is 2.52. The Morgan fingerprint density at radius 3 is 2.65 bits per heavy atom. The second-order valence-electron chi connectivity index (χ2n) is 7.13. The van der Waals surface area contributed by atoms with Gasteiger partial charge in [-0.15, -0.1) is 0 Å². The van der Waals surface area contributed by atoms with E-state index in [0.29, 0.717) is 6.04 Å². The van der Waals surface area contributed by atoms with Gasteiger partial charge in [-0.1, -0.05) is 43.2 Å². The maximum Gasteiger partial charge on any atom is 0.237 e. The summed E-state index contributed by atoms with van der Waals surface area (Å²) in [4.78, 5) is 12.3. The number of carbonyl (C=O) groups excluding carboxylic acids is 1. The lowest BCUT2D eigenvalue weighted by molar-refractivity contribution is -0.123. The molecule has 1 saturated heterocycles. The summed E-state index contributed by atoms with van der Waals surface area (Å²) < 4.78 is 0. The van der Waals surface area contributed by atoms with Crippen LogP contribution in [-0.4, -0.2) is 30.6 Å². The number of rotatable bonds is 6. The molecule has 126 valence electrons. The van der Waals surface area contributed by atoms with Crippen LogP contribution < -0.4 is 16.0 Å². The summed E-state index contributed by atoms with van der Waals surface area (Å²) in [6.45, 7) is 3.92. The van der Waals surface area contributed by atoms with Crippen molar-refractivity contribution in [2.24, 2.45) is 0 Å². The molecule has 1 aromatic carbocycles. The second-order valence-corrected chi connectivity index (χ2v) is 7.13. The topological polar surface area (TPSA) is 53.2 Å². The molecule has 0 aromatic heterocycles. The molecule has 1 aliphatic carbocycles. The minimum Gasteiger partial charge on any atom is -0.353 e. The first-order chi connectivity index (χ1) is 11.2. The molecule has 4 heteroatoms. The van der Waals surface area contributed by atoms with Crippen molar-refractivity contribution >= 4 is 5.91 Å². The van der Waals surface area contributed by atoms with E-state index >= 15 is 0 Å². The molecule has 3 N–H and O–H groups in total. The molecule has 1 amide bonds. The average Bonchev–Trinajstić information content (AvgIpc) is 3.26. The van der Waals surface area contributed by atoms with Crippen LogP contribution in [-0.2, 0) is 4.79 Å². The van der Waals surface area contributed by atoms with E-state index in [-0.39, 0.29) is 17.5 Å². The van der Waals surface area contributed by atoms with Crippen LogP contribution in [0.25, 0.3) is 0 Å². The van der Waals surface area contributed by atoms with Gasteiger partial charge in [-0.05, 0) is 44.7 Å². The van der Waals surface area contributed by atoms with Crippen LogP contribution in [0.15, 0.2) is 30.3 Å². The predicted molar refractivity (Wildman–Crippen MR) is 93.2 cm³/mol. The molecule has 0 bridgehead atoms. The van der Waals surface area contributed by atoms with Gasteiger partial charge in [0.2, 0.25) is 5.91 Å². The fourth-order valence-corrected chi connectivity index (χ4v) is 4.00. The molecule has 1 aliphatic heterocycles. The highest BCUT2D eigenvalue weighted by Crippen LogP contribution is 2.31. The maximum atomic E-state index is 12.3. The minimum absolute atomic E-state index is 0.0139. The zero-order chi connectivity index (χ0) is 16.1. The number of hydrogen-bond donors (Lipinski definition) is 3. The number of benzene rings is 1. The Morgan fingerprint density at radius 1 is 1.26 bits per heavy atom. The number of hydrogen-bond acceptors (Lipinski definition) is 3. The lowest BCUT2D eigenvalue weighted by Gasteiger charge is -2.34. The van der Waals surface area contributed by atoms with Gasteiger partial charge in [-0.3, -0.25) is 4.79 Å². The molecule has 0 radical (unpaired) electrons.